The van der Waals surface area contributed by atoms with E-state index in [1.165, 1.54) is 0 Å². The smallest absolute Gasteiger partial charge is 0.263 e. The number of fused-ring (bicyclic) bond motifs is 1. The van der Waals surface area contributed by atoms with Gasteiger partial charge < -0.3 is 10.2 Å². The van der Waals surface area contributed by atoms with Crippen LogP contribution in [0.2, 0.25) is 0 Å². The van der Waals surface area contributed by atoms with E-state index >= 15 is 0 Å². The van der Waals surface area contributed by atoms with Crippen molar-refractivity contribution < 1.29 is 9.21 Å². The second-order valence-corrected chi connectivity index (χ2v) is 3.56. The third kappa shape index (κ3) is 1.70. The van der Waals surface area contributed by atoms with Crippen molar-refractivity contribution in [1.82, 2.24) is 4.98 Å². The number of hydrogen-bond donors (Lipinski definition) is 1. The number of aryl methyl sites for hydroxylation is 2. The molecule has 4 nitrogen and oxygen atoms in total. The summed E-state index contributed by atoms with van der Waals surface area (Å²) in [6.07, 6.45) is 4.45. The third-order valence-electron chi connectivity index (χ3n) is 2.46. The molecule has 0 spiro atoms. The minimum absolute atomic E-state index is 0.0816. The quantitative estimate of drug-likeness (QED) is 0.731. The number of hydrogen-bond acceptors (Lipinski definition) is 4. The Hall–Kier alpha value is -1.16. The number of aromatic nitrogens is 1. The average molecular weight is 194 g/mol. The fraction of sp³-hybridized carbons (Fsp3) is 0.600. The van der Waals surface area contributed by atoms with Crippen molar-refractivity contribution in [3.05, 3.63) is 17.3 Å². The molecule has 1 aromatic heterocycles. The zero-order valence-corrected chi connectivity index (χ0v) is 8.08. The molecular formula is C10H14N2O2. The zero-order chi connectivity index (χ0) is 9.97. The van der Waals surface area contributed by atoms with Crippen molar-refractivity contribution in [3.63, 3.8) is 0 Å². The van der Waals surface area contributed by atoms with Crippen LogP contribution in [-0.4, -0.2) is 17.3 Å². The molecule has 0 radical (unpaired) electrons. The molecule has 2 N–H and O–H groups in total. The standard InChI is InChI=1S/C10H14N2O2/c11-6-5-8(13)10-12-7-3-1-2-4-9(7)14-10/h1-6,11H2. The first-order valence-electron chi connectivity index (χ1n) is 5.03. The van der Waals surface area contributed by atoms with E-state index in [0.29, 0.717) is 13.0 Å². The van der Waals surface area contributed by atoms with Gasteiger partial charge in [-0.05, 0) is 25.8 Å². The van der Waals surface area contributed by atoms with Crippen molar-refractivity contribution in [1.29, 1.82) is 0 Å². The summed E-state index contributed by atoms with van der Waals surface area (Å²) in [5.41, 5.74) is 6.27. The number of nitrogens with zero attached hydrogens (tertiary/aromatic N) is 1. The summed E-state index contributed by atoms with van der Waals surface area (Å²) >= 11 is 0. The first-order valence-corrected chi connectivity index (χ1v) is 5.03. The Kier molecular flexibility index (Phi) is 2.63. The molecule has 14 heavy (non-hydrogen) atoms. The number of rotatable bonds is 3. The van der Waals surface area contributed by atoms with Gasteiger partial charge in [-0.2, -0.15) is 0 Å². The highest BCUT2D eigenvalue weighted by Gasteiger charge is 2.20. The lowest BCUT2D eigenvalue weighted by atomic mass is 10.0. The first kappa shape index (κ1) is 9.40. The molecule has 1 heterocycles. The van der Waals surface area contributed by atoms with Crippen LogP contribution in [0.25, 0.3) is 0 Å². The molecule has 2 rings (SSSR count). The van der Waals surface area contributed by atoms with E-state index < -0.39 is 0 Å². The average Bonchev–Trinajstić information content (AvgIpc) is 2.61. The number of Topliss-reactive ketones (excluding diaryl/α,β-unsaturated/α-hetero) is 1. The minimum Gasteiger partial charge on any atom is -0.439 e. The number of ketones is 1. The van der Waals surface area contributed by atoms with E-state index in [9.17, 15) is 4.79 Å². The molecule has 0 atom stereocenters. The van der Waals surface area contributed by atoms with Gasteiger partial charge in [-0.1, -0.05) is 0 Å². The van der Waals surface area contributed by atoms with Crippen LogP contribution < -0.4 is 5.73 Å². The van der Waals surface area contributed by atoms with E-state index in [2.05, 4.69) is 4.98 Å². The maximum absolute atomic E-state index is 11.4. The molecule has 4 heteroatoms. The lowest BCUT2D eigenvalue weighted by molar-refractivity contribution is 0.0950. The molecule has 0 aliphatic heterocycles. The number of nitrogens with two attached hydrogens (primary N) is 1. The Balaban J connectivity index is 2.19. The van der Waals surface area contributed by atoms with Gasteiger partial charge in [0.15, 0.2) is 0 Å². The predicted octanol–water partition coefficient (Wildman–Crippen LogP) is 1.08. The van der Waals surface area contributed by atoms with Crippen LogP contribution in [0.5, 0.6) is 0 Å². The molecule has 1 aliphatic carbocycles. The molecule has 1 aliphatic rings. The summed E-state index contributed by atoms with van der Waals surface area (Å²) in [6, 6.07) is 0. The SMILES string of the molecule is NCCC(=O)c1nc2c(o1)CCCC2. The predicted molar refractivity (Wildman–Crippen MR) is 51.1 cm³/mol. The highest BCUT2D eigenvalue weighted by molar-refractivity contribution is 5.91. The highest BCUT2D eigenvalue weighted by Crippen LogP contribution is 2.21. The topological polar surface area (TPSA) is 69.1 Å². The van der Waals surface area contributed by atoms with Gasteiger partial charge in [-0.3, -0.25) is 4.79 Å². The lowest BCUT2D eigenvalue weighted by Crippen LogP contribution is -2.08. The van der Waals surface area contributed by atoms with Gasteiger partial charge >= 0.3 is 0 Å². The van der Waals surface area contributed by atoms with Crippen molar-refractivity contribution in [2.45, 2.75) is 32.1 Å². The summed E-state index contributed by atoms with van der Waals surface area (Å²) < 4.78 is 5.40. The second-order valence-electron chi connectivity index (χ2n) is 3.56. The molecular weight excluding hydrogens is 180 g/mol. The Morgan fingerprint density at radius 3 is 2.93 bits per heavy atom. The summed E-state index contributed by atoms with van der Waals surface area (Å²) in [7, 11) is 0. The lowest BCUT2D eigenvalue weighted by Gasteiger charge is -2.05. The van der Waals surface area contributed by atoms with Gasteiger partial charge in [-0.15, -0.1) is 0 Å². The molecule has 76 valence electrons. The number of carbonyl (C=O) groups excluding carboxylic acids is 1. The number of oxazole rings is 1. The normalized spacial score (nSPS) is 15.2. The maximum Gasteiger partial charge on any atom is 0.263 e. The molecule has 0 fully saturated rings. The molecule has 0 unspecified atom stereocenters. The first-order chi connectivity index (χ1) is 6.81. The summed E-state index contributed by atoms with van der Waals surface area (Å²) in [6.45, 7) is 0.353. The highest BCUT2D eigenvalue weighted by atomic mass is 16.4. The van der Waals surface area contributed by atoms with Gasteiger partial charge in [0, 0.05) is 12.8 Å². The van der Waals surface area contributed by atoms with Gasteiger partial charge in [-0.25, -0.2) is 4.98 Å². The zero-order valence-electron chi connectivity index (χ0n) is 8.08. The Morgan fingerprint density at radius 1 is 1.43 bits per heavy atom. The molecule has 0 amide bonds. The second kappa shape index (κ2) is 3.92. The van der Waals surface area contributed by atoms with E-state index in [1.54, 1.807) is 0 Å². The molecule has 0 saturated heterocycles. The van der Waals surface area contributed by atoms with Crippen LogP contribution in [0.4, 0.5) is 0 Å². The van der Waals surface area contributed by atoms with E-state index in [4.69, 9.17) is 10.2 Å². The van der Waals surface area contributed by atoms with Gasteiger partial charge in [0.05, 0.1) is 5.69 Å². The summed E-state index contributed by atoms with van der Waals surface area (Å²) in [5.74, 6) is 1.07. The monoisotopic (exact) mass is 194 g/mol. The van der Waals surface area contributed by atoms with Crippen molar-refractivity contribution in [3.8, 4) is 0 Å². The van der Waals surface area contributed by atoms with Gasteiger partial charge in [0.1, 0.15) is 5.76 Å². The van der Waals surface area contributed by atoms with Gasteiger partial charge in [0.25, 0.3) is 5.89 Å². The van der Waals surface area contributed by atoms with Crippen LogP contribution in [0.1, 0.15) is 41.4 Å². The summed E-state index contributed by atoms with van der Waals surface area (Å²) in [5, 5.41) is 0. The maximum atomic E-state index is 11.4. The van der Waals surface area contributed by atoms with Crippen LogP contribution in [-0.2, 0) is 12.8 Å². The largest absolute Gasteiger partial charge is 0.439 e. The van der Waals surface area contributed by atoms with Crippen LogP contribution in [0.3, 0.4) is 0 Å². The fourth-order valence-corrected chi connectivity index (χ4v) is 1.71. The minimum atomic E-state index is -0.0816. The fourth-order valence-electron chi connectivity index (χ4n) is 1.71. The van der Waals surface area contributed by atoms with Crippen LogP contribution in [0.15, 0.2) is 4.42 Å². The van der Waals surface area contributed by atoms with E-state index in [1.807, 2.05) is 0 Å². The summed E-state index contributed by atoms with van der Waals surface area (Å²) in [4.78, 5) is 15.6. The van der Waals surface area contributed by atoms with Crippen LogP contribution >= 0.6 is 0 Å². The molecule has 0 bridgehead atoms. The Morgan fingerprint density at radius 2 is 2.21 bits per heavy atom. The van der Waals surface area contributed by atoms with Crippen molar-refractivity contribution in [2.75, 3.05) is 6.54 Å². The van der Waals surface area contributed by atoms with E-state index in [-0.39, 0.29) is 11.7 Å². The Bertz CT molecular complexity index is 320. The van der Waals surface area contributed by atoms with Crippen molar-refractivity contribution in [2.24, 2.45) is 5.73 Å². The van der Waals surface area contributed by atoms with Crippen molar-refractivity contribution >= 4 is 5.78 Å². The van der Waals surface area contributed by atoms with E-state index in [0.717, 1.165) is 37.1 Å². The molecule has 1 aromatic rings. The molecule has 0 aromatic carbocycles. The Labute approximate surface area is 82.5 Å². The number of carbonyl (C=O) groups is 1. The van der Waals surface area contributed by atoms with Gasteiger partial charge in [0.2, 0.25) is 5.78 Å². The molecule has 0 saturated carbocycles. The third-order valence-corrected chi connectivity index (χ3v) is 2.46. The van der Waals surface area contributed by atoms with Crippen LogP contribution in [0, 0.1) is 0 Å².